The molecule has 1 heterocycles. The number of aromatic nitrogens is 2. The Bertz CT molecular complexity index is 447. The lowest BCUT2D eigenvalue weighted by molar-refractivity contribution is -0.137. The molecule has 104 valence electrons. The third kappa shape index (κ3) is 6.51. The molecule has 0 saturated heterocycles. The van der Waals surface area contributed by atoms with Crippen LogP contribution in [-0.4, -0.2) is 44.9 Å². The van der Waals surface area contributed by atoms with Gasteiger partial charge in [0.05, 0.1) is 11.9 Å². The molecule has 0 radical (unpaired) electrons. The van der Waals surface area contributed by atoms with E-state index in [4.69, 9.17) is 5.11 Å². The summed E-state index contributed by atoms with van der Waals surface area (Å²) in [5.41, 5.74) is 0.456. The first-order chi connectivity index (χ1) is 9.11. The fraction of sp³-hybridized carbons (Fsp3) is 0.364. The molecule has 2 amide bonds. The molecule has 0 spiro atoms. The maximum absolute atomic E-state index is 11.5. The standard InChI is InChI=1S/C11H16N4O3S/c1-2-4-19-5-3-12-11(18)14-9-6-13-15(7-9)8-10(16)17/h2,6-7H,1,3-5,8H2,(H,16,17)(H2,12,14,18). The van der Waals surface area contributed by atoms with Crippen molar-refractivity contribution < 1.29 is 14.7 Å². The third-order valence-corrected chi connectivity index (χ3v) is 2.92. The van der Waals surface area contributed by atoms with Crippen molar-refractivity contribution in [3.63, 3.8) is 0 Å². The highest BCUT2D eigenvalue weighted by molar-refractivity contribution is 7.99. The zero-order chi connectivity index (χ0) is 14.1. The number of anilines is 1. The molecule has 19 heavy (non-hydrogen) atoms. The lowest BCUT2D eigenvalue weighted by Crippen LogP contribution is -2.30. The monoisotopic (exact) mass is 284 g/mol. The highest BCUT2D eigenvalue weighted by Gasteiger charge is 2.05. The van der Waals surface area contributed by atoms with Gasteiger partial charge in [0.25, 0.3) is 0 Å². The van der Waals surface area contributed by atoms with E-state index in [1.807, 2.05) is 6.08 Å². The molecule has 1 aromatic rings. The molecular formula is C11H16N4O3S. The van der Waals surface area contributed by atoms with Gasteiger partial charge in [0.15, 0.2) is 0 Å². The number of hydrogen-bond donors (Lipinski definition) is 3. The van der Waals surface area contributed by atoms with Crippen LogP contribution in [0.3, 0.4) is 0 Å². The van der Waals surface area contributed by atoms with E-state index in [-0.39, 0.29) is 12.6 Å². The van der Waals surface area contributed by atoms with Crippen molar-refractivity contribution in [1.29, 1.82) is 0 Å². The van der Waals surface area contributed by atoms with Crippen LogP contribution in [0.2, 0.25) is 0 Å². The van der Waals surface area contributed by atoms with Gasteiger partial charge in [-0.2, -0.15) is 16.9 Å². The van der Waals surface area contributed by atoms with Crippen LogP contribution in [0.1, 0.15) is 0 Å². The number of carbonyl (C=O) groups excluding carboxylic acids is 1. The molecule has 1 rings (SSSR count). The largest absolute Gasteiger partial charge is 0.480 e. The summed E-state index contributed by atoms with van der Waals surface area (Å²) >= 11 is 1.67. The SMILES string of the molecule is C=CCSCCNC(=O)Nc1cnn(CC(=O)O)c1. The first kappa shape index (κ1) is 15.1. The summed E-state index contributed by atoms with van der Waals surface area (Å²) in [5.74, 6) is 0.668. The minimum atomic E-state index is -0.988. The van der Waals surface area contributed by atoms with E-state index in [0.29, 0.717) is 12.2 Å². The van der Waals surface area contributed by atoms with E-state index < -0.39 is 5.97 Å². The first-order valence-electron chi connectivity index (χ1n) is 5.59. The van der Waals surface area contributed by atoms with Crippen molar-refractivity contribution >= 4 is 29.4 Å². The fourth-order valence-corrected chi connectivity index (χ4v) is 1.81. The van der Waals surface area contributed by atoms with Crippen molar-refractivity contribution in [3.8, 4) is 0 Å². The van der Waals surface area contributed by atoms with Crippen LogP contribution in [0.25, 0.3) is 0 Å². The molecule has 3 N–H and O–H groups in total. The third-order valence-electron chi connectivity index (χ3n) is 1.96. The second-order valence-electron chi connectivity index (χ2n) is 3.56. The molecule has 0 aliphatic heterocycles. The number of rotatable bonds is 8. The second kappa shape index (κ2) is 8.20. The van der Waals surface area contributed by atoms with E-state index in [1.165, 1.54) is 17.1 Å². The number of nitrogens with zero attached hydrogens (tertiary/aromatic N) is 2. The average molecular weight is 284 g/mol. The van der Waals surface area contributed by atoms with Crippen molar-refractivity contribution in [2.45, 2.75) is 6.54 Å². The number of aliphatic carboxylic acids is 1. The summed E-state index contributed by atoms with van der Waals surface area (Å²) in [6.07, 6.45) is 4.66. The molecule has 0 aliphatic rings. The van der Waals surface area contributed by atoms with Gasteiger partial charge in [0.2, 0.25) is 0 Å². The number of amides is 2. The predicted octanol–water partition coefficient (Wildman–Crippen LogP) is 1.01. The molecule has 0 unspecified atom stereocenters. The van der Waals surface area contributed by atoms with E-state index in [9.17, 15) is 9.59 Å². The lowest BCUT2D eigenvalue weighted by atomic mass is 10.5. The normalized spacial score (nSPS) is 9.89. The molecule has 7 nitrogen and oxygen atoms in total. The van der Waals surface area contributed by atoms with Crippen LogP contribution in [0.4, 0.5) is 10.5 Å². The maximum Gasteiger partial charge on any atom is 0.325 e. The molecule has 0 bridgehead atoms. The Morgan fingerprint density at radius 1 is 1.58 bits per heavy atom. The molecule has 1 aromatic heterocycles. The van der Waals surface area contributed by atoms with Crippen LogP contribution in [0, 0.1) is 0 Å². The van der Waals surface area contributed by atoms with Gasteiger partial charge in [-0.15, -0.1) is 6.58 Å². The molecule has 0 aliphatic carbocycles. The summed E-state index contributed by atoms with van der Waals surface area (Å²) in [6.45, 7) is 3.92. The van der Waals surface area contributed by atoms with Gasteiger partial charge in [-0.05, 0) is 0 Å². The Morgan fingerprint density at radius 3 is 3.05 bits per heavy atom. The van der Waals surface area contributed by atoms with Gasteiger partial charge in [0, 0.05) is 24.2 Å². The van der Waals surface area contributed by atoms with E-state index >= 15 is 0 Å². The quantitative estimate of drug-likeness (QED) is 0.489. The van der Waals surface area contributed by atoms with Crippen LogP contribution >= 0.6 is 11.8 Å². The van der Waals surface area contributed by atoms with Gasteiger partial charge in [-0.3, -0.25) is 9.48 Å². The van der Waals surface area contributed by atoms with Crippen molar-refractivity contribution in [2.75, 3.05) is 23.4 Å². The van der Waals surface area contributed by atoms with Crippen molar-refractivity contribution in [3.05, 3.63) is 25.0 Å². The minimum Gasteiger partial charge on any atom is -0.480 e. The molecular weight excluding hydrogens is 268 g/mol. The number of carboxylic acid groups (broad SMARTS) is 1. The molecule has 0 atom stereocenters. The zero-order valence-corrected chi connectivity index (χ0v) is 11.2. The molecule has 8 heteroatoms. The smallest absolute Gasteiger partial charge is 0.325 e. The molecule has 0 saturated carbocycles. The highest BCUT2D eigenvalue weighted by atomic mass is 32.2. The highest BCUT2D eigenvalue weighted by Crippen LogP contribution is 2.04. The number of nitrogens with one attached hydrogen (secondary N) is 2. The van der Waals surface area contributed by atoms with Gasteiger partial charge in [-0.1, -0.05) is 6.08 Å². The summed E-state index contributed by atoms with van der Waals surface area (Å²) < 4.78 is 1.23. The first-order valence-corrected chi connectivity index (χ1v) is 6.75. The van der Waals surface area contributed by atoms with Crippen LogP contribution < -0.4 is 10.6 Å². The zero-order valence-electron chi connectivity index (χ0n) is 10.3. The second-order valence-corrected chi connectivity index (χ2v) is 4.71. The Hall–Kier alpha value is -1.96. The number of carbonyl (C=O) groups is 2. The van der Waals surface area contributed by atoms with E-state index in [0.717, 1.165) is 11.5 Å². The number of thioether (sulfide) groups is 1. The number of carboxylic acids is 1. The Balaban J connectivity index is 2.26. The van der Waals surface area contributed by atoms with Gasteiger partial charge in [0.1, 0.15) is 6.54 Å². The Morgan fingerprint density at radius 2 is 2.37 bits per heavy atom. The summed E-state index contributed by atoms with van der Waals surface area (Å²) in [6, 6.07) is -0.339. The number of urea groups is 1. The lowest BCUT2D eigenvalue weighted by Gasteiger charge is -2.04. The van der Waals surface area contributed by atoms with Gasteiger partial charge in [-0.25, -0.2) is 4.79 Å². The summed E-state index contributed by atoms with van der Waals surface area (Å²) in [5, 5.41) is 17.6. The van der Waals surface area contributed by atoms with Crippen LogP contribution in [-0.2, 0) is 11.3 Å². The predicted molar refractivity (Wildman–Crippen MR) is 74.4 cm³/mol. The van der Waals surface area contributed by atoms with Gasteiger partial charge < -0.3 is 15.7 Å². The van der Waals surface area contributed by atoms with Gasteiger partial charge >= 0.3 is 12.0 Å². The van der Waals surface area contributed by atoms with Crippen LogP contribution in [0.15, 0.2) is 25.0 Å². The van der Waals surface area contributed by atoms with Crippen LogP contribution in [0.5, 0.6) is 0 Å². The topological polar surface area (TPSA) is 96.3 Å². The van der Waals surface area contributed by atoms with Crippen molar-refractivity contribution in [2.24, 2.45) is 0 Å². The fourth-order valence-electron chi connectivity index (χ4n) is 1.23. The van der Waals surface area contributed by atoms with Crippen molar-refractivity contribution in [1.82, 2.24) is 15.1 Å². The Kier molecular flexibility index (Phi) is 6.51. The maximum atomic E-state index is 11.5. The summed E-state index contributed by atoms with van der Waals surface area (Å²) in [7, 11) is 0. The Labute approximate surface area is 115 Å². The van der Waals surface area contributed by atoms with E-state index in [1.54, 1.807) is 11.8 Å². The average Bonchev–Trinajstić information content (AvgIpc) is 2.75. The van der Waals surface area contributed by atoms with E-state index in [2.05, 4.69) is 22.3 Å². The molecule has 0 aromatic carbocycles. The molecule has 0 fully saturated rings. The number of hydrogen-bond acceptors (Lipinski definition) is 4. The minimum absolute atomic E-state index is 0.235. The summed E-state index contributed by atoms with van der Waals surface area (Å²) in [4.78, 5) is 21.9.